The lowest BCUT2D eigenvalue weighted by Gasteiger charge is -2.18. The highest BCUT2D eigenvalue weighted by Gasteiger charge is 2.16. The predicted molar refractivity (Wildman–Crippen MR) is 73.1 cm³/mol. The molecule has 4 nitrogen and oxygen atoms in total. The van der Waals surface area contributed by atoms with Crippen LogP contribution in [0.15, 0.2) is 42.7 Å². The maximum Gasteiger partial charge on any atom is 0.259 e. The first kappa shape index (κ1) is 13.1. The molecule has 0 unspecified atom stereocenters. The molecule has 1 aromatic carbocycles. The van der Waals surface area contributed by atoms with Crippen LogP contribution in [-0.4, -0.2) is 17.9 Å². The summed E-state index contributed by atoms with van der Waals surface area (Å²) in [7, 11) is 1.63. The number of pyridine rings is 1. The number of rotatable bonds is 2. The molecule has 0 saturated heterocycles. The van der Waals surface area contributed by atoms with Gasteiger partial charge >= 0.3 is 0 Å². The van der Waals surface area contributed by atoms with E-state index in [1.54, 1.807) is 37.4 Å². The van der Waals surface area contributed by atoms with Gasteiger partial charge in [-0.1, -0.05) is 17.7 Å². The van der Waals surface area contributed by atoms with Gasteiger partial charge in [-0.2, -0.15) is 5.26 Å². The van der Waals surface area contributed by atoms with E-state index in [0.717, 1.165) is 0 Å². The fourth-order valence-electron chi connectivity index (χ4n) is 1.63. The molecule has 2 aromatic rings. The molecule has 0 aliphatic heterocycles. The second-order valence-corrected chi connectivity index (χ2v) is 4.29. The van der Waals surface area contributed by atoms with Crippen LogP contribution in [-0.2, 0) is 0 Å². The molecule has 0 N–H and O–H groups in total. The molecule has 0 atom stereocenters. The van der Waals surface area contributed by atoms with E-state index in [9.17, 15) is 4.79 Å². The van der Waals surface area contributed by atoms with Crippen molar-refractivity contribution in [2.75, 3.05) is 11.9 Å². The number of anilines is 1. The highest BCUT2D eigenvalue weighted by Crippen LogP contribution is 2.20. The van der Waals surface area contributed by atoms with Gasteiger partial charge in [-0.25, -0.2) is 0 Å². The molecule has 0 bridgehead atoms. The number of carbonyl (C=O) groups is 1. The lowest BCUT2D eigenvalue weighted by atomic mass is 10.2. The third-order valence-electron chi connectivity index (χ3n) is 2.67. The summed E-state index contributed by atoms with van der Waals surface area (Å²) in [5.74, 6) is -0.248. The summed E-state index contributed by atoms with van der Waals surface area (Å²) in [5, 5.41) is 9.16. The van der Waals surface area contributed by atoms with E-state index in [1.807, 2.05) is 6.07 Å². The number of hydrogen-bond donors (Lipinski definition) is 0. The van der Waals surface area contributed by atoms with Crippen LogP contribution in [0.5, 0.6) is 0 Å². The van der Waals surface area contributed by atoms with Crippen molar-refractivity contribution in [1.29, 1.82) is 5.26 Å². The van der Waals surface area contributed by atoms with Gasteiger partial charge < -0.3 is 4.90 Å². The quantitative estimate of drug-likeness (QED) is 0.844. The van der Waals surface area contributed by atoms with Gasteiger partial charge in [-0.05, 0) is 24.3 Å². The Morgan fingerprint density at radius 1 is 1.42 bits per heavy atom. The summed E-state index contributed by atoms with van der Waals surface area (Å²) in [6.45, 7) is 0. The number of nitrogens with zero attached hydrogens (tertiary/aromatic N) is 3. The summed E-state index contributed by atoms with van der Waals surface area (Å²) < 4.78 is 0. The molecule has 0 spiro atoms. The van der Waals surface area contributed by atoms with Crippen LogP contribution in [0.2, 0.25) is 5.02 Å². The molecular formula is C14H10ClN3O. The zero-order valence-corrected chi connectivity index (χ0v) is 10.9. The summed E-state index contributed by atoms with van der Waals surface area (Å²) in [5.41, 5.74) is 1.51. The van der Waals surface area contributed by atoms with Crippen LogP contribution in [0.1, 0.15) is 15.9 Å². The Balaban J connectivity index is 2.34. The van der Waals surface area contributed by atoms with Crippen LogP contribution >= 0.6 is 11.6 Å². The topological polar surface area (TPSA) is 57.0 Å². The predicted octanol–water partition coefficient (Wildman–Crippen LogP) is 2.88. The summed E-state index contributed by atoms with van der Waals surface area (Å²) >= 11 is 5.95. The summed E-state index contributed by atoms with van der Waals surface area (Å²) in [6.07, 6.45) is 2.94. The SMILES string of the molecule is CN(C(=O)c1ccncc1Cl)c1cccc(C#N)c1. The number of aromatic nitrogens is 1. The maximum absolute atomic E-state index is 12.3. The third-order valence-corrected chi connectivity index (χ3v) is 2.97. The first-order chi connectivity index (χ1) is 9.13. The number of benzene rings is 1. The van der Waals surface area contributed by atoms with Crippen LogP contribution < -0.4 is 4.90 Å². The molecule has 1 amide bonds. The molecule has 0 aliphatic carbocycles. The summed E-state index contributed by atoms with van der Waals surface area (Å²) in [4.78, 5) is 17.6. The van der Waals surface area contributed by atoms with Crippen molar-refractivity contribution in [3.63, 3.8) is 0 Å². The number of carbonyl (C=O) groups excluding carboxylic acids is 1. The van der Waals surface area contributed by atoms with E-state index in [-0.39, 0.29) is 5.91 Å². The average molecular weight is 272 g/mol. The molecule has 0 radical (unpaired) electrons. The second-order valence-electron chi connectivity index (χ2n) is 3.88. The van der Waals surface area contributed by atoms with Crippen molar-refractivity contribution in [3.05, 3.63) is 58.9 Å². The molecular weight excluding hydrogens is 262 g/mol. The van der Waals surface area contributed by atoms with Crippen LogP contribution in [0.25, 0.3) is 0 Å². The highest BCUT2D eigenvalue weighted by atomic mass is 35.5. The van der Waals surface area contributed by atoms with Crippen LogP contribution in [0.3, 0.4) is 0 Å². The van der Waals surface area contributed by atoms with Gasteiger partial charge in [0.1, 0.15) is 0 Å². The smallest absolute Gasteiger partial charge is 0.259 e. The lowest BCUT2D eigenvalue weighted by molar-refractivity contribution is 0.0993. The molecule has 94 valence electrons. The van der Waals surface area contributed by atoms with Gasteiger partial charge in [-0.3, -0.25) is 9.78 Å². The van der Waals surface area contributed by atoms with E-state index in [0.29, 0.717) is 21.8 Å². The van der Waals surface area contributed by atoms with Gasteiger partial charge in [0.2, 0.25) is 0 Å². The standard InChI is InChI=1S/C14H10ClN3O/c1-18(11-4-2-3-10(7-11)8-16)14(19)12-5-6-17-9-13(12)15/h2-7,9H,1H3. The molecule has 19 heavy (non-hydrogen) atoms. The fraction of sp³-hybridized carbons (Fsp3) is 0.0714. The number of hydrogen-bond acceptors (Lipinski definition) is 3. The van der Waals surface area contributed by atoms with Crippen molar-refractivity contribution in [3.8, 4) is 6.07 Å². The normalized spacial score (nSPS) is 9.74. The van der Waals surface area contributed by atoms with Crippen molar-refractivity contribution in [2.24, 2.45) is 0 Å². The van der Waals surface area contributed by atoms with Crippen LogP contribution in [0.4, 0.5) is 5.69 Å². The third kappa shape index (κ3) is 2.72. The van der Waals surface area contributed by atoms with Crippen molar-refractivity contribution < 1.29 is 4.79 Å². The largest absolute Gasteiger partial charge is 0.311 e. The first-order valence-electron chi connectivity index (χ1n) is 5.51. The number of halogens is 1. The fourth-order valence-corrected chi connectivity index (χ4v) is 1.83. The number of nitriles is 1. The minimum atomic E-state index is -0.248. The summed E-state index contributed by atoms with van der Waals surface area (Å²) in [6, 6.07) is 10.4. The molecule has 0 aliphatic rings. The molecule has 1 aromatic heterocycles. The van der Waals surface area contributed by atoms with E-state index < -0.39 is 0 Å². The Morgan fingerprint density at radius 3 is 2.89 bits per heavy atom. The van der Waals surface area contributed by atoms with Crippen LogP contribution in [0, 0.1) is 11.3 Å². The Hall–Kier alpha value is -2.38. The van der Waals surface area contributed by atoms with Gasteiger partial charge in [0.25, 0.3) is 5.91 Å². The molecule has 1 heterocycles. The Morgan fingerprint density at radius 2 is 2.21 bits per heavy atom. The van der Waals surface area contributed by atoms with Gasteiger partial charge in [-0.15, -0.1) is 0 Å². The van der Waals surface area contributed by atoms with Gasteiger partial charge in [0.15, 0.2) is 0 Å². The number of amides is 1. The minimum absolute atomic E-state index is 0.248. The maximum atomic E-state index is 12.3. The zero-order valence-electron chi connectivity index (χ0n) is 10.2. The lowest BCUT2D eigenvalue weighted by Crippen LogP contribution is -2.26. The average Bonchev–Trinajstić information content (AvgIpc) is 2.46. The van der Waals surface area contributed by atoms with Gasteiger partial charge in [0, 0.05) is 25.1 Å². The van der Waals surface area contributed by atoms with Crippen molar-refractivity contribution in [1.82, 2.24) is 4.98 Å². The molecule has 0 saturated carbocycles. The van der Waals surface area contributed by atoms with Crippen molar-refractivity contribution in [2.45, 2.75) is 0 Å². The molecule has 5 heteroatoms. The minimum Gasteiger partial charge on any atom is -0.311 e. The first-order valence-corrected chi connectivity index (χ1v) is 5.89. The Bertz CT molecular complexity index is 664. The van der Waals surface area contributed by atoms with Crippen molar-refractivity contribution >= 4 is 23.2 Å². The monoisotopic (exact) mass is 271 g/mol. The van der Waals surface area contributed by atoms with E-state index in [4.69, 9.17) is 16.9 Å². The van der Waals surface area contributed by atoms with E-state index >= 15 is 0 Å². The van der Waals surface area contributed by atoms with Gasteiger partial charge in [0.05, 0.1) is 22.2 Å². The highest BCUT2D eigenvalue weighted by molar-refractivity contribution is 6.34. The van der Waals surface area contributed by atoms with E-state index in [1.165, 1.54) is 17.3 Å². The second kappa shape index (κ2) is 5.51. The van der Waals surface area contributed by atoms with E-state index in [2.05, 4.69) is 4.98 Å². The molecule has 2 rings (SSSR count). The Kier molecular flexibility index (Phi) is 3.79. The zero-order chi connectivity index (χ0) is 13.8. The Labute approximate surface area is 115 Å². The molecule has 0 fully saturated rings.